The van der Waals surface area contributed by atoms with E-state index in [1.807, 2.05) is 0 Å². The zero-order chi connectivity index (χ0) is 9.69. The summed E-state index contributed by atoms with van der Waals surface area (Å²) >= 11 is 1.58. The van der Waals surface area contributed by atoms with E-state index >= 15 is 0 Å². The van der Waals surface area contributed by atoms with Crippen LogP contribution in [-0.4, -0.2) is 31.4 Å². The molecule has 2 fully saturated rings. The number of hydrogen-bond donors (Lipinski definition) is 0. The molecule has 4 heteroatoms. The van der Waals surface area contributed by atoms with Crippen molar-refractivity contribution in [1.29, 1.82) is 0 Å². The van der Waals surface area contributed by atoms with Crippen molar-refractivity contribution in [3.8, 4) is 0 Å². The van der Waals surface area contributed by atoms with Gasteiger partial charge in [-0.15, -0.1) is 0 Å². The van der Waals surface area contributed by atoms with Crippen molar-refractivity contribution in [2.45, 2.75) is 37.9 Å². The molecule has 2 heterocycles. The van der Waals surface area contributed by atoms with E-state index in [1.165, 1.54) is 0 Å². The fourth-order valence-corrected chi connectivity index (χ4v) is 2.60. The van der Waals surface area contributed by atoms with Gasteiger partial charge in [-0.1, -0.05) is 0 Å². The third-order valence-electron chi connectivity index (χ3n) is 2.72. The Labute approximate surface area is 89.7 Å². The highest BCUT2D eigenvalue weighted by Crippen LogP contribution is 2.32. The molecule has 0 bridgehead atoms. The van der Waals surface area contributed by atoms with E-state index in [4.69, 9.17) is 13.7 Å². The molecule has 2 saturated heterocycles. The number of hydrogen-bond acceptors (Lipinski definition) is 4. The average Bonchev–Trinajstić information content (AvgIpc) is 2.66. The Balaban J connectivity index is 1.86. The van der Waals surface area contributed by atoms with Crippen molar-refractivity contribution in [3.63, 3.8) is 0 Å². The summed E-state index contributed by atoms with van der Waals surface area (Å²) in [5.74, 6) is 0.812. The van der Waals surface area contributed by atoms with Crippen LogP contribution in [0.3, 0.4) is 0 Å². The molecular weight excluding hydrogens is 200 g/mol. The molecule has 14 heavy (non-hydrogen) atoms. The van der Waals surface area contributed by atoms with Crippen LogP contribution in [-0.2, 0) is 13.7 Å². The van der Waals surface area contributed by atoms with Gasteiger partial charge in [-0.3, -0.25) is 0 Å². The summed E-state index contributed by atoms with van der Waals surface area (Å²) in [5, 5.41) is 0. The minimum atomic E-state index is -0.238. The molecule has 3 nitrogen and oxygen atoms in total. The lowest BCUT2D eigenvalue weighted by Crippen LogP contribution is -2.30. The van der Waals surface area contributed by atoms with Crippen LogP contribution in [0, 0.1) is 0 Å². The van der Waals surface area contributed by atoms with Gasteiger partial charge in [-0.05, 0) is 31.3 Å². The van der Waals surface area contributed by atoms with Gasteiger partial charge in [0.25, 0.3) is 0 Å². The summed E-state index contributed by atoms with van der Waals surface area (Å²) in [6.07, 6.45) is 5.41. The van der Waals surface area contributed by atoms with Gasteiger partial charge in [0.05, 0.1) is 19.8 Å². The number of rotatable bonds is 0. The van der Waals surface area contributed by atoms with Crippen LogP contribution in [0.4, 0.5) is 0 Å². The Morgan fingerprint density at radius 2 is 1.64 bits per heavy atom. The van der Waals surface area contributed by atoms with Gasteiger partial charge in [0, 0.05) is 18.6 Å². The molecular formula is C10H18O3S. The van der Waals surface area contributed by atoms with Gasteiger partial charge >= 0.3 is 0 Å². The second kappa shape index (κ2) is 5.35. The Hall–Kier alpha value is 0.230. The van der Waals surface area contributed by atoms with Crippen LogP contribution >= 0.6 is 12.0 Å². The van der Waals surface area contributed by atoms with Crippen LogP contribution in [0.2, 0.25) is 0 Å². The zero-order valence-electron chi connectivity index (χ0n) is 8.50. The molecule has 0 saturated carbocycles. The zero-order valence-corrected chi connectivity index (χ0v) is 9.31. The van der Waals surface area contributed by atoms with Crippen molar-refractivity contribution in [2.24, 2.45) is 0 Å². The van der Waals surface area contributed by atoms with Crippen LogP contribution in [0.25, 0.3) is 0 Å². The molecule has 0 unspecified atom stereocenters. The first kappa shape index (κ1) is 10.7. The maximum absolute atomic E-state index is 5.74. The summed E-state index contributed by atoms with van der Waals surface area (Å²) in [4.78, 5) is 0. The van der Waals surface area contributed by atoms with Crippen LogP contribution in [0.1, 0.15) is 32.1 Å². The maximum Gasteiger partial charge on any atom is 0.168 e. The molecule has 2 rings (SSSR count). The summed E-state index contributed by atoms with van der Waals surface area (Å²) in [5.41, 5.74) is 0. The normalized spacial score (nSPS) is 29.1. The first-order chi connectivity index (χ1) is 6.91. The minimum Gasteiger partial charge on any atom is -0.348 e. The average molecular weight is 218 g/mol. The fourth-order valence-electron chi connectivity index (χ4n) is 1.98. The van der Waals surface area contributed by atoms with E-state index in [-0.39, 0.29) is 5.79 Å². The van der Waals surface area contributed by atoms with Crippen LogP contribution in [0.15, 0.2) is 0 Å². The van der Waals surface area contributed by atoms with Gasteiger partial charge in [0.1, 0.15) is 0 Å². The second-order valence-electron chi connectivity index (χ2n) is 3.81. The SMILES string of the molecule is C1CCC2(CCCSOC1)OCCO2. The Bertz CT molecular complexity index is 157. The molecule has 0 aromatic carbocycles. The van der Waals surface area contributed by atoms with Crippen molar-refractivity contribution >= 4 is 12.0 Å². The molecule has 0 atom stereocenters. The lowest BCUT2D eigenvalue weighted by Gasteiger charge is -2.28. The summed E-state index contributed by atoms with van der Waals surface area (Å²) in [6.45, 7) is 2.40. The van der Waals surface area contributed by atoms with Crippen molar-refractivity contribution in [3.05, 3.63) is 0 Å². The molecule has 0 N–H and O–H groups in total. The lowest BCUT2D eigenvalue weighted by atomic mass is 10.0. The standard InChI is InChI=1S/C10H18O3S/c1-2-6-13-14-9-3-5-10(4-1)11-7-8-12-10/h1-9H2. The molecule has 0 aromatic rings. The minimum absolute atomic E-state index is 0.238. The highest BCUT2D eigenvalue weighted by Gasteiger charge is 2.35. The second-order valence-corrected chi connectivity index (χ2v) is 4.69. The first-order valence-corrected chi connectivity index (χ1v) is 6.35. The highest BCUT2D eigenvalue weighted by molar-refractivity contribution is 7.94. The Morgan fingerprint density at radius 1 is 0.857 bits per heavy atom. The van der Waals surface area contributed by atoms with E-state index < -0.39 is 0 Å². The predicted molar refractivity (Wildman–Crippen MR) is 56.1 cm³/mol. The molecule has 0 aromatic heterocycles. The molecule has 0 radical (unpaired) electrons. The smallest absolute Gasteiger partial charge is 0.168 e. The predicted octanol–water partition coefficient (Wildman–Crippen LogP) is 2.36. The molecule has 2 aliphatic heterocycles. The van der Waals surface area contributed by atoms with Gasteiger partial charge < -0.3 is 13.7 Å². The third-order valence-corrected chi connectivity index (χ3v) is 3.51. The van der Waals surface area contributed by atoms with Gasteiger partial charge in [-0.2, -0.15) is 0 Å². The monoisotopic (exact) mass is 218 g/mol. The van der Waals surface area contributed by atoms with E-state index in [0.717, 1.165) is 57.7 Å². The molecule has 2 aliphatic rings. The molecule has 82 valence electrons. The number of ether oxygens (including phenoxy) is 2. The van der Waals surface area contributed by atoms with E-state index in [1.54, 1.807) is 12.0 Å². The summed E-state index contributed by atoms with van der Waals surface area (Å²) in [6, 6.07) is 0. The van der Waals surface area contributed by atoms with Crippen molar-refractivity contribution in [1.82, 2.24) is 0 Å². The topological polar surface area (TPSA) is 27.7 Å². The Morgan fingerprint density at radius 3 is 2.50 bits per heavy atom. The molecule has 0 amide bonds. The summed E-state index contributed by atoms with van der Waals surface area (Å²) < 4.78 is 16.9. The van der Waals surface area contributed by atoms with E-state index in [0.29, 0.717) is 0 Å². The lowest BCUT2D eigenvalue weighted by molar-refractivity contribution is -0.168. The van der Waals surface area contributed by atoms with Crippen LogP contribution < -0.4 is 0 Å². The fraction of sp³-hybridized carbons (Fsp3) is 1.00. The molecule has 0 aliphatic carbocycles. The van der Waals surface area contributed by atoms with Crippen LogP contribution in [0.5, 0.6) is 0 Å². The Kier molecular flexibility index (Phi) is 4.10. The quantitative estimate of drug-likeness (QED) is 0.583. The highest BCUT2D eigenvalue weighted by atomic mass is 32.2. The van der Waals surface area contributed by atoms with E-state index in [9.17, 15) is 0 Å². The van der Waals surface area contributed by atoms with Crippen molar-refractivity contribution in [2.75, 3.05) is 25.6 Å². The third kappa shape index (κ3) is 2.86. The van der Waals surface area contributed by atoms with Gasteiger partial charge in [0.2, 0.25) is 0 Å². The van der Waals surface area contributed by atoms with Gasteiger partial charge in [0.15, 0.2) is 5.79 Å². The largest absolute Gasteiger partial charge is 0.348 e. The van der Waals surface area contributed by atoms with E-state index in [2.05, 4.69) is 0 Å². The van der Waals surface area contributed by atoms with Gasteiger partial charge in [-0.25, -0.2) is 0 Å². The molecule has 1 spiro atoms. The van der Waals surface area contributed by atoms with Crippen molar-refractivity contribution < 1.29 is 13.7 Å². The summed E-state index contributed by atoms with van der Waals surface area (Å²) in [7, 11) is 0. The maximum atomic E-state index is 5.74. The first-order valence-electron chi connectivity index (χ1n) is 5.44.